The van der Waals surface area contributed by atoms with Crippen molar-refractivity contribution in [3.05, 3.63) is 10.6 Å². The molecule has 4 unspecified atom stereocenters. The Kier molecular flexibility index (Phi) is 4.49. The number of hydrogen-bond donors (Lipinski definition) is 0. The third-order valence-corrected chi connectivity index (χ3v) is 4.56. The summed E-state index contributed by atoms with van der Waals surface area (Å²) in [5, 5.41) is 0. The minimum Gasteiger partial charge on any atom is -0.428 e. The van der Waals surface area contributed by atoms with Gasteiger partial charge in [-0.15, -0.1) is 0 Å². The number of hydrogen-bond acceptors (Lipinski definition) is 3. The second kappa shape index (κ2) is 5.74. The summed E-state index contributed by atoms with van der Waals surface area (Å²) in [4.78, 5) is 11.3. The molecule has 2 aliphatic rings. The first-order valence-corrected chi connectivity index (χ1v) is 7.50. The summed E-state index contributed by atoms with van der Waals surface area (Å²) in [5.41, 5.74) is 0. The molecule has 1 aliphatic heterocycles. The van der Waals surface area contributed by atoms with E-state index < -0.39 is 6.29 Å². The molecule has 0 bridgehead atoms. The van der Waals surface area contributed by atoms with Crippen molar-refractivity contribution >= 4 is 21.9 Å². The van der Waals surface area contributed by atoms with E-state index in [1.54, 1.807) is 6.08 Å². The smallest absolute Gasteiger partial charge is 0.347 e. The van der Waals surface area contributed by atoms with E-state index >= 15 is 0 Å². The largest absolute Gasteiger partial charge is 0.428 e. The molecule has 0 aromatic heterocycles. The second-order valence-corrected chi connectivity index (χ2v) is 6.64. The van der Waals surface area contributed by atoms with Crippen LogP contribution < -0.4 is 0 Å². The normalized spacial score (nSPS) is 36.7. The summed E-state index contributed by atoms with van der Waals surface area (Å²) in [6, 6.07) is 0. The molecule has 1 saturated carbocycles. The predicted molar refractivity (Wildman–Crippen MR) is 73.1 cm³/mol. The Morgan fingerprint density at radius 1 is 1.44 bits per heavy atom. The molecule has 0 saturated heterocycles. The van der Waals surface area contributed by atoms with Gasteiger partial charge in [-0.05, 0) is 46.5 Å². The molecule has 0 radical (unpaired) electrons. The summed E-state index contributed by atoms with van der Waals surface area (Å²) < 4.78 is 11.6. The van der Waals surface area contributed by atoms with Crippen LogP contribution in [0.25, 0.3) is 0 Å². The van der Waals surface area contributed by atoms with Crippen molar-refractivity contribution in [2.75, 3.05) is 0 Å². The third-order valence-electron chi connectivity index (χ3n) is 3.97. The fourth-order valence-corrected chi connectivity index (χ4v) is 3.20. The Morgan fingerprint density at radius 3 is 2.72 bits per heavy atom. The lowest BCUT2D eigenvalue weighted by Crippen LogP contribution is -2.36. The first kappa shape index (κ1) is 14.1. The maximum absolute atomic E-state index is 11.3. The lowest BCUT2D eigenvalue weighted by molar-refractivity contribution is -0.178. The summed E-state index contributed by atoms with van der Waals surface area (Å²) in [6.07, 6.45) is 4.92. The van der Waals surface area contributed by atoms with E-state index in [4.69, 9.17) is 9.47 Å². The number of ether oxygens (including phenoxy) is 2. The zero-order valence-corrected chi connectivity index (χ0v) is 12.8. The number of carbonyl (C=O) groups is 1. The van der Waals surface area contributed by atoms with Gasteiger partial charge < -0.3 is 9.47 Å². The Hall–Kier alpha value is -0.350. The van der Waals surface area contributed by atoms with E-state index in [2.05, 4.69) is 36.7 Å². The van der Waals surface area contributed by atoms with Crippen molar-refractivity contribution in [2.45, 2.75) is 52.4 Å². The van der Waals surface area contributed by atoms with Crippen molar-refractivity contribution in [3.63, 3.8) is 0 Å². The van der Waals surface area contributed by atoms with Gasteiger partial charge in [-0.3, -0.25) is 0 Å². The van der Waals surface area contributed by atoms with Crippen LogP contribution in [0, 0.1) is 17.8 Å². The first-order valence-electron chi connectivity index (χ1n) is 6.71. The van der Waals surface area contributed by atoms with Gasteiger partial charge in [0.2, 0.25) is 6.29 Å². The molecule has 0 aromatic rings. The van der Waals surface area contributed by atoms with Gasteiger partial charge in [-0.25, -0.2) is 4.79 Å². The van der Waals surface area contributed by atoms with E-state index in [1.807, 2.05) is 0 Å². The highest BCUT2D eigenvalue weighted by molar-refractivity contribution is 9.12. The van der Waals surface area contributed by atoms with Gasteiger partial charge in [0.15, 0.2) is 0 Å². The summed E-state index contributed by atoms with van der Waals surface area (Å²) in [7, 11) is 0. The van der Waals surface area contributed by atoms with E-state index in [-0.39, 0.29) is 12.1 Å². The molecule has 4 atom stereocenters. The zero-order chi connectivity index (χ0) is 13.3. The van der Waals surface area contributed by atoms with E-state index in [0.717, 1.165) is 6.42 Å². The van der Waals surface area contributed by atoms with Crippen LogP contribution >= 0.6 is 15.9 Å². The molecule has 2 rings (SSSR count). The van der Waals surface area contributed by atoms with Gasteiger partial charge >= 0.3 is 5.97 Å². The van der Waals surface area contributed by atoms with E-state index in [0.29, 0.717) is 22.2 Å². The Balaban J connectivity index is 1.99. The Labute approximate surface area is 117 Å². The number of halogens is 1. The Bertz CT molecular complexity index is 351. The summed E-state index contributed by atoms with van der Waals surface area (Å²) >= 11 is 3.17. The van der Waals surface area contributed by atoms with Gasteiger partial charge in [0.1, 0.15) is 4.48 Å². The first-order chi connectivity index (χ1) is 8.47. The van der Waals surface area contributed by atoms with Crippen molar-refractivity contribution in [1.82, 2.24) is 0 Å². The minimum atomic E-state index is -0.511. The van der Waals surface area contributed by atoms with Crippen molar-refractivity contribution < 1.29 is 14.3 Å². The van der Waals surface area contributed by atoms with Crippen LogP contribution in [0.1, 0.15) is 40.0 Å². The van der Waals surface area contributed by atoms with Crippen LogP contribution in [0.15, 0.2) is 10.6 Å². The molecule has 18 heavy (non-hydrogen) atoms. The third kappa shape index (κ3) is 3.15. The molecule has 0 spiro atoms. The van der Waals surface area contributed by atoms with Gasteiger partial charge in [0, 0.05) is 6.08 Å². The second-order valence-electron chi connectivity index (χ2n) is 5.79. The maximum Gasteiger partial charge on any atom is 0.347 e. The number of rotatable bonds is 3. The van der Waals surface area contributed by atoms with Crippen LogP contribution in [0.5, 0.6) is 0 Å². The summed E-state index contributed by atoms with van der Waals surface area (Å²) in [5.74, 6) is 1.53. The van der Waals surface area contributed by atoms with E-state index in [1.165, 1.54) is 12.8 Å². The minimum absolute atomic E-state index is 0.196. The highest BCUT2D eigenvalue weighted by Gasteiger charge is 2.35. The highest BCUT2D eigenvalue weighted by Crippen LogP contribution is 2.36. The predicted octanol–water partition coefficient (Wildman–Crippen LogP) is 3.63. The van der Waals surface area contributed by atoms with Crippen LogP contribution in [0.3, 0.4) is 0 Å². The SMILES string of the molecule is CC1CCC(C(C)C)C(OC2C=C(Br)C(=O)O2)C1. The standard InChI is InChI=1S/C14H21BrO3/c1-8(2)10-5-4-9(3)6-12(10)17-13-7-11(15)14(16)18-13/h7-10,12-13H,4-6H2,1-3H3. The molecule has 1 aliphatic carbocycles. The van der Waals surface area contributed by atoms with Crippen LogP contribution in [-0.2, 0) is 14.3 Å². The molecule has 3 nitrogen and oxygen atoms in total. The summed E-state index contributed by atoms with van der Waals surface area (Å²) in [6.45, 7) is 6.74. The number of carbonyl (C=O) groups excluding carboxylic acids is 1. The molecule has 0 amide bonds. The van der Waals surface area contributed by atoms with Gasteiger partial charge in [-0.1, -0.05) is 27.2 Å². The molecular formula is C14H21BrO3. The highest BCUT2D eigenvalue weighted by atomic mass is 79.9. The average Bonchev–Trinajstić information content (AvgIpc) is 2.57. The maximum atomic E-state index is 11.3. The van der Waals surface area contributed by atoms with Crippen molar-refractivity contribution in [2.24, 2.45) is 17.8 Å². The van der Waals surface area contributed by atoms with Gasteiger partial charge in [0.25, 0.3) is 0 Å². The quantitative estimate of drug-likeness (QED) is 0.746. The lowest BCUT2D eigenvalue weighted by atomic mass is 9.75. The Morgan fingerprint density at radius 2 is 2.17 bits per heavy atom. The van der Waals surface area contributed by atoms with Crippen molar-refractivity contribution in [1.29, 1.82) is 0 Å². The molecule has 0 N–H and O–H groups in total. The van der Waals surface area contributed by atoms with Crippen LogP contribution in [0.2, 0.25) is 0 Å². The molecule has 1 heterocycles. The number of cyclic esters (lactones) is 1. The van der Waals surface area contributed by atoms with E-state index in [9.17, 15) is 4.79 Å². The monoisotopic (exact) mass is 316 g/mol. The van der Waals surface area contributed by atoms with Crippen molar-refractivity contribution in [3.8, 4) is 0 Å². The van der Waals surface area contributed by atoms with Crippen LogP contribution in [-0.4, -0.2) is 18.4 Å². The molecule has 4 heteroatoms. The van der Waals surface area contributed by atoms with Gasteiger partial charge in [0.05, 0.1) is 6.10 Å². The van der Waals surface area contributed by atoms with Gasteiger partial charge in [-0.2, -0.15) is 0 Å². The molecule has 0 aromatic carbocycles. The lowest BCUT2D eigenvalue weighted by Gasteiger charge is -2.37. The average molecular weight is 317 g/mol. The molecule has 102 valence electrons. The van der Waals surface area contributed by atoms with Crippen LogP contribution in [0.4, 0.5) is 0 Å². The topological polar surface area (TPSA) is 35.5 Å². The zero-order valence-electron chi connectivity index (χ0n) is 11.2. The number of esters is 1. The molecule has 1 fully saturated rings. The fraction of sp³-hybridized carbons (Fsp3) is 0.786. The molecular weight excluding hydrogens is 296 g/mol. The fourth-order valence-electron chi connectivity index (χ4n) is 2.89.